The van der Waals surface area contributed by atoms with Gasteiger partial charge in [-0.25, -0.2) is 4.79 Å². The Bertz CT molecular complexity index is 857. The van der Waals surface area contributed by atoms with Crippen molar-refractivity contribution in [2.75, 3.05) is 26.4 Å². The fourth-order valence-electron chi connectivity index (χ4n) is 5.05. The Morgan fingerprint density at radius 2 is 1.69 bits per heavy atom. The Hall–Kier alpha value is -2.41. The molecule has 0 radical (unpaired) electrons. The smallest absolute Gasteiger partial charge is 0.411 e. The van der Waals surface area contributed by atoms with E-state index in [2.05, 4.69) is 12.1 Å². The van der Waals surface area contributed by atoms with Crippen LogP contribution < -0.4 is 0 Å². The van der Waals surface area contributed by atoms with Crippen molar-refractivity contribution < 1.29 is 24.5 Å². The topological polar surface area (TPSA) is 79.2 Å². The van der Waals surface area contributed by atoms with Crippen LogP contribution in [0.2, 0.25) is 0 Å². The Balaban J connectivity index is 1.49. The van der Waals surface area contributed by atoms with Crippen molar-refractivity contribution in [2.24, 2.45) is 11.8 Å². The van der Waals surface area contributed by atoms with Crippen LogP contribution in [-0.2, 0) is 22.4 Å². The summed E-state index contributed by atoms with van der Waals surface area (Å²) in [4.78, 5) is 14.7. The molecular formula is C26H33NO5. The number of hydrogen-bond donors (Lipinski definition) is 2. The molecule has 0 spiro atoms. The molecule has 1 saturated heterocycles. The summed E-state index contributed by atoms with van der Waals surface area (Å²) in [5.74, 6) is -0.255. The molecule has 2 N–H and O–H groups in total. The maximum absolute atomic E-state index is 13.0. The number of ether oxygens (including phenoxy) is 2. The zero-order valence-corrected chi connectivity index (χ0v) is 18.4. The highest BCUT2D eigenvalue weighted by Gasteiger charge is 2.61. The minimum absolute atomic E-state index is 0.144. The molecule has 6 nitrogen and oxygen atoms in total. The minimum Gasteiger partial charge on any atom is -0.443 e. The number of hydrogen-bond acceptors (Lipinski definition) is 5. The van der Waals surface area contributed by atoms with Crippen molar-refractivity contribution in [3.8, 4) is 0 Å². The van der Waals surface area contributed by atoms with Gasteiger partial charge in [-0.05, 0) is 36.3 Å². The maximum atomic E-state index is 13.0. The summed E-state index contributed by atoms with van der Waals surface area (Å²) in [5, 5.41) is 20.9. The first-order valence-electron chi connectivity index (χ1n) is 11.5. The lowest BCUT2D eigenvalue weighted by Crippen LogP contribution is -2.63. The third-order valence-corrected chi connectivity index (χ3v) is 7.06. The first kappa shape index (κ1) is 22.8. The Morgan fingerprint density at radius 3 is 2.25 bits per heavy atom. The molecule has 2 fully saturated rings. The molecule has 2 aromatic rings. The average Bonchev–Trinajstić information content (AvgIpc) is 3.06. The molecule has 32 heavy (non-hydrogen) atoms. The normalized spacial score (nSPS) is 24.2. The Labute approximate surface area is 189 Å². The number of cyclic esters (lactones) is 1. The Kier molecular flexibility index (Phi) is 7.45. The number of rotatable bonds is 11. The van der Waals surface area contributed by atoms with Crippen LogP contribution in [0.15, 0.2) is 60.7 Å². The van der Waals surface area contributed by atoms with Gasteiger partial charge >= 0.3 is 6.09 Å². The maximum Gasteiger partial charge on any atom is 0.411 e. The van der Waals surface area contributed by atoms with Gasteiger partial charge in [0.1, 0.15) is 11.6 Å². The summed E-state index contributed by atoms with van der Waals surface area (Å²) in [6.45, 7) is 0.804. The largest absolute Gasteiger partial charge is 0.443 e. The first-order valence-corrected chi connectivity index (χ1v) is 11.5. The van der Waals surface area contributed by atoms with E-state index in [-0.39, 0.29) is 25.7 Å². The van der Waals surface area contributed by atoms with E-state index in [1.165, 1.54) is 5.56 Å². The fraction of sp³-hybridized carbons (Fsp3) is 0.500. The quantitative estimate of drug-likeness (QED) is 0.525. The molecule has 3 atom stereocenters. The van der Waals surface area contributed by atoms with Crippen LogP contribution in [0.5, 0.6) is 0 Å². The lowest BCUT2D eigenvalue weighted by atomic mass is 9.65. The van der Waals surface area contributed by atoms with E-state index < -0.39 is 23.7 Å². The second-order valence-electron chi connectivity index (χ2n) is 8.91. The Morgan fingerprint density at radius 1 is 1.03 bits per heavy atom. The van der Waals surface area contributed by atoms with E-state index in [1.807, 2.05) is 48.5 Å². The predicted octanol–water partition coefficient (Wildman–Crippen LogP) is 3.41. The van der Waals surface area contributed by atoms with E-state index in [0.29, 0.717) is 13.2 Å². The van der Waals surface area contributed by atoms with Gasteiger partial charge in [0.2, 0.25) is 0 Å². The second-order valence-corrected chi connectivity index (χ2v) is 8.91. The van der Waals surface area contributed by atoms with Crippen molar-refractivity contribution in [3.63, 3.8) is 0 Å². The number of carbonyl (C=O) groups is 1. The third-order valence-electron chi connectivity index (χ3n) is 7.06. The molecule has 1 saturated carbocycles. The van der Waals surface area contributed by atoms with Crippen LogP contribution in [0.4, 0.5) is 4.79 Å². The molecule has 2 aliphatic rings. The van der Waals surface area contributed by atoms with Gasteiger partial charge in [0.25, 0.3) is 0 Å². The molecule has 1 heterocycles. The molecule has 0 bridgehead atoms. The molecule has 172 valence electrons. The second kappa shape index (κ2) is 10.5. The molecule has 0 aromatic heterocycles. The minimum atomic E-state index is -0.846. The van der Waals surface area contributed by atoms with Gasteiger partial charge in [-0.15, -0.1) is 0 Å². The molecule has 6 heteroatoms. The summed E-state index contributed by atoms with van der Waals surface area (Å²) in [6.07, 6.45) is 2.68. The van der Waals surface area contributed by atoms with Crippen LogP contribution >= 0.6 is 0 Å². The van der Waals surface area contributed by atoms with Crippen LogP contribution in [0.25, 0.3) is 0 Å². The number of carbonyl (C=O) groups excluding carboxylic acids is 1. The molecule has 1 aliphatic carbocycles. The third kappa shape index (κ3) is 4.53. The van der Waals surface area contributed by atoms with Gasteiger partial charge in [-0.2, -0.15) is 0 Å². The lowest BCUT2D eigenvalue weighted by molar-refractivity contribution is -0.0818. The fourth-order valence-corrected chi connectivity index (χ4v) is 5.05. The van der Waals surface area contributed by atoms with E-state index in [0.717, 1.165) is 31.2 Å². The molecular weight excluding hydrogens is 406 g/mol. The molecule has 2 aromatic carbocycles. The van der Waals surface area contributed by atoms with Crippen LogP contribution in [0, 0.1) is 11.8 Å². The summed E-state index contributed by atoms with van der Waals surface area (Å²) < 4.78 is 11.8. The van der Waals surface area contributed by atoms with Gasteiger partial charge in [0.05, 0.1) is 26.4 Å². The number of aliphatic hydroxyl groups excluding tert-OH is 2. The van der Waals surface area contributed by atoms with E-state index in [1.54, 1.807) is 4.90 Å². The lowest BCUT2D eigenvalue weighted by Gasteiger charge is -2.49. The number of amides is 1. The average molecular weight is 440 g/mol. The number of aliphatic hydroxyl groups is 2. The van der Waals surface area contributed by atoms with Crippen LogP contribution in [0.1, 0.15) is 30.4 Å². The first-order chi connectivity index (χ1) is 15.7. The van der Waals surface area contributed by atoms with E-state index >= 15 is 0 Å². The van der Waals surface area contributed by atoms with Gasteiger partial charge in [-0.1, -0.05) is 67.1 Å². The molecule has 0 unspecified atom stereocenters. The predicted molar refractivity (Wildman–Crippen MR) is 121 cm³/mol. The van der Waals surface area contributed by atoms with Gasteiger partial charge in [-0.3, -0.25) is 4.90 Å². The highest BCUT2D eigenvalue weighted by molar-refractivity contribution is 5.72. The zero-order chi connectivity index (χ0) is 22.4. The summed E-state index contributed by atoms with van der Waals surface area (Å²) >= 11 is 0. The van der Waals surface area contributed by atoms with E-state index in [9.17, 15) is 15.0 Å². The molecule has 4 rings (SSSR count). The highest BCUT2D eigenvalue weighted by Crippen LogP contribution is 2.48. The van der Waals surface area contributed by atoms with Crippen molar-refractivity contribution in [1.82, 2.24) is 4.90 Å². The van der Waals surface area contributed by atoms with Crippen LogP contribution in [-0.4, -0.2) is 59.3 Å². The highest BCUT2D eigenvalue weighted by atomic mass is 16.6. The van der Waals surface area contributed by atoms with Crippen molar-refractivity contribution in [1.29, 1.82) is 0 Å². The monoisotopic (exact) mass is 439 g/mol. The van der Waals surface area contributed by atoms with E-state index in [4.69, 9.17) is 9.47 Å². The molecule has 1 amide bonds. The van der Waals surface area contributed by atoms with Gasteiger partial charge in [0, 0.05) is 12.5 Å². The number of nitrogens with zero attached hydrogens (tertiary/aromatic N) is 1. The van der Waals surface area contributed by atoms with Crippen LogP contribution in [0.3, 0.4) is 0 Å². The van der Waals surface area contributed by atoms with Crippen molar-refractivity contribution in [3.05, 3.63) is 71.8 Å². The summed E-state index contributed by atoms with van der Waals surface area (Å²) in [6, 6.07) is 19.9. The number of benzene rings is 2. The zero-order valence-electron chi connectivity index (χ0n) is 18.4. The summed E-state index contributed by atoms with van der Waals surface area (Å²) in [5.41, 5.74) is 1.33. The van der Waals surface area contributed by atoms with Gasteiger partial charge in [0.15, 0.2) is 0 Å². The molecule has 1 aliphatic heterocycles. The standard InChI is InChI=1S/C26H33NO5/c28-17-22(18-31-15-14-20-8-3-1-4-9-20)24-26(19-29,23-12-7-13-23)27(25(30)32-24)16-21-10-5-2-6-11-21/h1-6,8-11,22-24,28-29H,7,12-19H2/t22-,24+,26+/m0/s1. The summed E-state index contributed by atoms with van der Waals surface area (Å²) in [7, 11) is 0. The van der Waals surface area contributed by atoms with Crippen molar-refractivity contribution >= 4 is 6.09 Å². The van der Waals surface area contributed by atoms with Gasteiger partial charge < -0.3 is 19.7 Å². The SMILES string of the molecule is O=C1O[C@H]([C@@H](CO)COCCc2ccccc2)[C@@](CO)(C2CCC2)N1Cc1ccccc1. The van der Waals surface area contributed by atoms with Crippen molar-refractivity contribution in [2.45, 2.75) is 43.9 Å².